The molecular weight excluding hydrogens is 300 g/mol. The van der Waals surface area contributed by atoms with E-state index in [2.05, 4.69) is 5.32 Å². The van der Waals surface area contributed by atoms with E-state index in [0.29, 0.717) is 5.56 Å². The van der Waals surface area contributed by atoms with E-state index in [-0.39, 0.29) is 5.69 Å². The molecule has 2 amide bonds. The van der Waals surface area contributed by atoms with Crippen molar-refractivity contribution in [3.8, 4) is 0 Å². The minimum Gasteiger partial charge on any atom is -0.444 e. The highest BCUT2D eigenvalue weighted by molar-refractivity contribution is 6.03. The van der Waals surface area contributed by atoms with Crippen LogP contribution in [-0.2, 0) is 9.47 Å². The first kappa shape index (κ1) is 18.7. The molecular formula is C16H24N2O5. The number of hydrogen-bond acceptors (Lipinski definition) is 5. The van der Waals surface area contributed by atoms with Gasteiger partial charge in [-0.25, -0.2) is 14.2 Å². The number of alkyl carbamates (subject to hydrolysis) is 1. The van der Waals surface area contributed by atoms with Crippen molar-refractivity contribution in [2.75, 3.05) is 0 Å². The van der Waals surface area contributed by atoms with Gasteiger partial charge in [-0.05, 0) is 60.1 Å². The largest absolute Gasteiger partial charge is 0.444 e. The van der Waals surface area contributed by atoms with Crippen molar-refractivity contribution in [3.63, 3.8) is 0 Å². The Morgan fingerprint density at radius 2 is 1.52 bits per heavy atom. The number of imide groups is 1. The van der Waals surface area contributed by atoms with Crippen LogP contribution in [0, 0.1) is 6.92 Å². The fraction of sp³-hybridized carbons (Fsp3) is 0.562. The molecule has 1 aromatic heterocycles. The number of rotatable bonds is 1. The Hall–Kier alpha value is -2.31. The molecule has 0 aliphatic carbocycles. The van der Waals surface area contributed by atoms with Gasteiger partial charge in [0, 0.05) is 6.20 Å². The second-order valence-corrected chi connectivity index (χ2v) is 7.21. The summed E-state index contributed by atoms with van der Waals surface area (Å²) >= 11 is 0. The molecule has 128 valence electrons. The van der Waals surface area contributed by atoms with Crippen LogP contribution in [0.15, 0.2) is 12.3 Å². The predicted octanol–water partition coefficient (Wildman–Crippen LogP) is 3.24. The van der Waals surface area contributed by atoms with Gasteiger partial charge in [-0.3, -0.25) is 10.1 Å². The highest BCUT2D eigenvalue weighted by Gasteiger charge is 2.25. The Morgan fingerprint density at radius 1 is 1.00 bits per heavy atom. The Balaban J connectivity index is 2.94. The summed E-state index contributed by atoms with van der Waals surface area (Å²) in [5.41, 5.74) is -0.741. The number of aryl methyl sites for hydroxylation is 1. The maximum atomic E-state index is 12.2. The van der Waals surface area contributed by atoms with E-state index >= 15 is 0 Å². The van der Waals surface area contributed by atoms with Gasteiger partial charge in [-0.1, -0.05) is 0 Å². The molecule has 0 aromatic carbocycles. The minimum absolute atomic E-state index is 0.00242. The van der Waals surface area contributed by atoms with E-state index in [1.54, 1.807) is 48.5 Å². The standard InChI is InChI=1S/C16H24N2O5/c1-10-8-11(12(19)17-13(20)22-15(2,3)4)18(9-10)14(21)23-16(5,6)7/h8-9H,1-7H3,(H,17,19,20). The van der Waals surface area contributed by atoms with Crippen molar-refractivity contribution in [3.05, 3.63) is 23.5 Å². The van der Waals surface area contributed by atoms with E-state index < -0.39 is 29.3 Å². The Kier molecular flexibility index (Phi) is 5.24. The fourth-order valence-corrected chi connectivity index (χ4v) is 1.69. The third-order valence-electron chi connectivity index (χ3n) is 2.39. The molecule has 0 unspecified atom stereocenters. The summed E-state index contributed by atoms with van der Waals surface area (Å²) in [6.45, 7) is 12.0. The molecule has 1 rings (SSSR count). The number of carbonyl (C=O) groups excluding carboxylic acids is 3. The molecule has 1 aromatic rings. The van der Waals surface area contributed by atoms with Crippen LogP contribution in [0.2, 0.25) is 0 Å². The lowest BCUT2D eigenvalue weighted by Crippen LogP contribution is -2.38. The molecule has 0 spiro atoms. The van der Waals surface area contributed by atoms with Crippen LogP contribution in [0.1, 0.15) is 57.6 Å². The average Bonchev–Trinajstić information content (AvgIpc) is 2.66. The van der Waals surface area contributed by atoms with E-state index in [0.717, 1.165) is 4.57 Å². The van der Waals surface area contributed by atoms with E-state index in [1.165, 1.54) is 12.3 Å². The van der Waals surface area contributed by atoms with Gasteiger partial charge in [0.05, 0.1) is 0 Å². The second kappa shape index (κ2) is 6.44. The van der Waals surface area contributed by atoms with E-state index in [9.17, 15) is 14.4 Å². The van der Waals surface area contributed by atoms with Gasteiger partial charge in [-0.2, -0.15) is 0 Å². The molecule has 0 aliphatic rings. The van der Waals surface area contributed by atoms with Crippen LogP contribution in [0.25, 0.3) is 0 Å². The SMILES string of the molecule is Cc1cc(C(=O)NC(=O)OC(C)(C)C)n(C(=O)OC(C)(C)C)c1. The lowest BCUT2D eigenvalue weighted by Gasteiger charge is -2.21. The molecule has 0 saturated heterocycles. The highest BCUT2D eigenvalue weighted by Crippen LogP contribution is 2.14. The molecule has 0 radical (unpaired) electrons. The van der Waals surface area contributed by atoms with Crippen molar-refractivity contribution < 1.29 is 23.9 Å². The third-order valence-corrected chi connectivity index (χ3v) is 2.39. The summed E-state index contributed by atoms with van der Waals surface area (Å²) in [5.74, 6) is -0.738. The quantitative estimate of drug-likeness (QED) is 0.857. The average molecular weight is 324 g/mol. The van der Waals surface area contributed by atoms with Gasteiger partial charge in [-0.15, -0.1) is 0 Å². The number of aromatic nitrogens is 1. The second-order valence-electron chi connectivity index (χ2n) is 7.21. The smallest absolute Gasteiger partial charge is 0.419 e. The third kappa shape index (κ3) is 6.14. The predicted molar refractivity (Wildman–Crippen MR) is 84.5 cm³/mol. The highest BCUT2D eigenvalue weighted by atomic mass is 16.6. The molecule has 0 saturated carbocycles. The van der Waals surface area contributed by atoms with Crippen LogP contribution >= 0.6 is 0 Å². The molecule has 1 N–H and O–H groups in total. The van der Waals surface area contributed by atoms with E-state index in [1.807, 2.05) is 0 Å². The zero-order chi connectivity index (χ0) is 18.0. The molecule has 23 heavy (non-hydrogen) atoms. The number of ether oxygens (including phenoxy) is 2. The molecule has 7 heteroatoms. The van der Waals surface area contributed by atoms with Gasteiger partial charge in [0.1, 0.15) is 16.9 Å². The number of hydrogen-bond donors (Lipinski definition) is 1. The molecule has 0 bridgehead atoms. The summed E-state index contributed by atoms with van der Waals surface area (Å²) in [6, 6.07) is 1.49. The monoisotopic (exact) mass is 324 g/mol. The number of nitrogens with zero attached hydrogens (tertiary/aromatic N) is 1. The summed E-state index contributed by atoms with van der Waals surface area (Å²) < 4.78 is 11.3. The van der Waals surface area contributed by atoms with Crippen LogP contribution in [0.5, 0.6) is 0 Å². The fourth-order valence-electron chi connectivity index (χ4n) is 1.69. The van der Waals surface area contributed by atoms with Crippen LogP contribution in [0.3, 0.4) is 0 Å². The summed E-state index contributed by atoms with van der Waals surface area (Å²) in [5, 5.41) is 2.10. The van der Waals surface area contributed by atoms with Crippen LogP contribution < -0.4 is 5.32 Å². The van der Waals surface area contributed by atoms with Gasteiger partial charge < -0.3 is 9.47 Å². The number of nitrogens with one attached hydrogen (secondary N) is 1. The molecule has 1 heterocycles. The zero-order valence-corrected chi connectivity index (χ0v) is 14.6. The van der Waals surface area contributed by atoms with Crippen LogP contribution in [0.4, 0.5) is 9.59 Å². The first-order valence-corrected chi connectivity index (χ1v) is 7.25. The van der Waals surface area contributed by atoms with Crippen molar-refractivity contribution in [2.24, 2.45) is 0 Å². The zero-order valence-electron chi connectivity index (χ0n) is 14.6. The van der Waals surface area contributed by atoms with Crippen molar-refractivity contribution >= 4 is 18.1 Å². The van der Waals surface area contributed by atoms with Crippen molar-refractivity contribution in [1.29, 1.82) is 0 Å². The molecule has 7 nitrogen and oxygen atoms in total. The molecule has 0 fully saturated rings. The van der Waals surface area contributed by atoms with Gasteiger partial charge in [0.25, 0.3) is 5.91 Å². The first-order valence-electron chi connectivity index (χ1n) is 7.25. The van der Waals surface area contributed by atoms with Gasteiger partial charge >= 0.3 is 12.2 Å². The molecule has 0 aliphatic heterocycles. The lowest BCUT2D eigenvalue weighted by molar-refractivity contribution is 0.0478. The lowest BCUT2D eigenvalue weighted by atomic mass is 10.2. The summed E-state index contributed by atoms with van der Waals surface area (Å²) in [7, 11) is 0. The first-order chi connectivity index (χ1) is 10.3. The maximum Gasteiger partial charge on any atom is 0.419 e. The number of carbonyl (C=O) groups is 3. The summed E-state index contributed by atoms with van der Waals surface area (Å²) in [6.07, 6.45) is -0.102. The van der Waals surface area contributed by atoms with Gasteiger partial charge in [0.2, 0.25) is 0 Å². The Labute approximate surface area is 135 Å². The van der Waals surface area contributed by atoms with E-state index in [4.69, 9.17) is 9.47 Å². The number of amides is 2. The van der Waals surface area contributed by atoms with Crippen LogP contribution in [-0.4, -0.2) is 33.9 Å². The van der Waals surface area contributed by atoms with Crippen molar-refractivity contribution in [1.82, 2.24) is 9.88 Å². The minimum atomic E-state index is -0.878. The Morgan fingerprint density at radius 3 is 2.00 bits per heavy atom. The summed E-state index contributed by atoms with van der Waals surface area (Å²) in [4.78, 5) is 36.0. The topological polar surface area (TPSA) is 86.6 Å². The normalized spacial score (nSPS) is 11.8. The van der Waals surface area contributed by atoms with Crippen molar-refractivity contribution in [2.45, 2.75) is 59.7 Å². The Bertz CT molecular complexity index is 617. The molecule has 0 atom stereocenters. The van der Waals surface area contributed by atoms with Gasteiger partial charge in [0.15, 0.2) is 0 Å². The maximum absolute atomic E-state index is 12.2.